The van der Waals surface area contributed by atoms with Crippen molar-refractivity contribution < 1.29 is 9.90 Å². The summed E-state index contributed by atoms with van der Waals surface area (Å²) in [6, 6.07) is 2.34. The van der Waals surface area contributed by atoms with Crippen LogP contribution in [0.4, 0.5) is 0 Å². The fourth-order valence-corrected chi connectivity index (χ4v) is 3.58. The highest BCUT2D eigenvalue weighted by Crippen LogP contribution is 2.43. The van der Waals surface area contributed by atoms with E-state index in [1.807, 2.05) is 5.38 Å². The van der Waals surface area contributed by atoms with Crippen molar-refractivity contribution in [2.75, 3.05) is 0 Å². The number of hydrogen-bond donors (Lipinski definition) is 2. The van der Waals surface area contributed by atoms with Gasteiger partial charge in [-0.2, -0.15) is 0 Å². The summed E-state index contributed by atoms with van der Waals surface area (Å²) in [5.74, 6) is 0.721. The second-order valence-electron chi connectivity index (χ2n) is 5.46. The molecule has 1 heterocycles. The normalized spacial score (nSPS) is 28.1. The van der Waals surface area contributed by atoms with E-state index in [9.17, 15) is 9.90 Å². The molecule has 0 spiro atoms. The van der Waals surface area contributed by atoms with Gasteiger partial charge in [-0.15, -0.1) is 11.3 Å². The SMILES string of the molecule is O=C(NC1CCC(O)CC1)c1sccc1C1CC1. The Hall–Kier alpha value is -0.870. The molecule has 0 saturated heterocycles. The summed E-state index contributed by atoms with van der Waals surface area (Å²) in [5, 5.41) is 14.6. The van der Waals surface area contributed by atoms with E-state index in [1.54, 1.807) is 11.3 Å². The first-order chi connectivity index (χ1) is 8.74. The van der Waals surface area contributed by atoms with Crippen molar-refractivity contribution in [3.05, 3.63) is 21.9 Å². The highest BCUT2D eigenvalue weighted by Gasteiger charge is 2.30. The van der Waals surface area contributed by atoms with Crippen molar-refractivity contribution in [1.82, 2.24) is 5.32 Å². The third-order valence-corrected chi connectivity index (χ3v) is 4.88. The van der Waals surface area contributed by atoms with E-state index in [0.717, 1.165) is 30.6 Å². The zero-order valence-electron chi connectivity index (χ0n) is 10.4. The van der Waals surface area contributed by atoms with E-state index >= 15 is 0 Å². The highest BCUT2D eigenvalue weighted by molar-refractivity contribution is 7.12. The maximum atomic E-state index is 12.2. The fourth-order valence-electron chi connectivity index (χ4n) is 2.69. The van der Waals surface area contributed by atoms with Crippen molar-refractivity contribution in [3.8, 4) is 0 Å². The van der Waals surface area contributed by atoms with Gasteiger partial charge in [0.05, 0.1) is 11.0 Å². The number of nitrogens with one attached hydrogen (secondary N) is 1. The maximum Gasteiger partial charge on any atom is 0.261 e. The van der Waals surface area contributed by atoms with Crippen LogP contribution < -0.4 is 5.32 Å². The van der Waals surface area contributed by atoms with Crippen LogP contribution in [0.1, 0.15) is 59.7 Å². The number of aliphatic hydroxyl groups is 1. The quantitative estimate of drug-likeness (QED) is 0.882. The molecule has 2 fully saturated rings. The van der Waals surface area contributed by atoms with Crippen LogP contribution in [0.15, 0.2) is 11.4 Å². The number of rotatable bonds is 3. The Kier molecular flexibility index (Phi) is 3.39. The van der Waals surface area contributed by atoms with Crippen molar-refractivity contribution in [2.45, 2.75) is 56.6 Å². The predicted molar refractivity (Wildman–Crippen MR) is 72.0 cm³/mol. The average Bonchev–Trinajstić information content (AvgIpc) is 3.09. The second-order valence-corrected chi connectivity index (χ2v) is 6.37. The van der Waals surface area contributed by atoms with Crippen LogP contribution in [0.2, 0.25) is 0 Å². The molecule has 1 aromatic heterocycles. The number of aliphatic hydroxyl groups excluding tert-OH is 1. The molecule has 3 nitrogen and oxygen atoms in total. The monoisotopic (exact) mass is 265 g/mol. The molecule has 2 aliphatic rings. The van der Waals surface area contributed by atoms with Crippen molar-refractivity contribution >= 4 is 17.2 Å². The Morgan fingerprint density at radius 1 is 1.22 bits per heavy atom. The van der Waals surface area contributed by atoms with E-state index in [4.69, 9.17) is 0 Å². The molecular formula is C14H19NO2S. The Bertz CT molecular complexity index is 431. The van der Waals surface area contributed by atoms with Gasteiger partial charge in [0.25, 0.3) is 5.91 Å². The molecule has 1 amide bonds. The Labute approximate surface area is 111 Å². The summed E-state index contributed by atoms with van der Waals surface area (Å²) in [6.07, 6.45) is 5.71. The summed E-state index contributed by atoms with van der Waals surface area (Å²) >= 11 is 1.55. The lowest BCUT2D eigenvalue weighted by Crippen LogP contribution is -2.38. The molecular weight excluding hydrogens is 246 g/mol. The molecule has 1 aromatic rings. The van der Waals surface area contributed by atoms with Crippen molar-refractivity contribution in [1.29, 1.82) is 0 Å². The first kappa shape index (κ1) is 12.2. The van der Waals surface area contributed by atoms with E-state index in [1.165, 1.54) is 18.4 Å². The van der Waals surface area contributed by atoms with E-state index in [2.05, 4.69) is 11.4 Å². The minimum Gasteiger partial charge on any atom is -0.393 e. The molecule has 0 aromatic carbocycles. The first-order valence-corrected chi connectivity index (χ1v) is 7.68. The van der Waals surface area contributed by atoms with Gasteiger partial charge in [-0.1, -0.05) is 0 Å². The van der Waals surface area contributed by atoms with Gasteiger partial charge < -0.3 is 10.4 Å². The van der Waals surface area contributed by atoms with Crippen LogP contribution in [0, 0.1) is 0 Å². The summed E-state index contributed by atoms with van der Waals surface area (Å²) < 4.78 is 0. The topological polar surface area (TPSA) is 49.3 Å². The number of carbonyl (C=O) groups is 1. The number of carbonyl (C=O) groups excluding carboxylic acids is 1. The lowest BCUT2D eigenvalue weighted by Gasteiger charge is -2.26. The molecule has 2 saturated carbocycles. The molecule has 3 rings (SSSR count). The predicted octanol–water partition coefficient (Wildman–Crippen LogP) is 2.66. The van der Waals surface area contributed by atoms with Gasteiger partial charge in [-0.3, -0.25) is 4.79 Å². The summed E-state index contributed by atoms with van der Waals surface area (Å²) in [5.41, 5.74) is 1.24. The molecule has 2 aliphatic carbocycles. The molecule has 0 aliphatic heterocycles. The molecule has 0 atom stereocenters. The van der Waals surface area contributed by atoms with Crippen LogP contribution in [0.3, 0.4) is 0 Å². The van der Waals surface area contributed by atoms with E-state index in [-0.39, 0.29) is 18.1 Å². The lowest BCUT2D eigenvalue weighted by atomic mass is 9.93. The van der Waals surface area contributed by atoms with Crippen molar-refractivity contribution in [3.63, 3.8) is 0 Å². The minimum absolute atomic E-state index is 0.0910. The third kappa shape index (κ3) is 2.59. The van der Waals surface area contributed by atoms with E-state index < -0.39 is 0 Å². The molecule has 98 valence electrons. The highest BCUT2D eigenvalue weighted by atomic mass is 32.1. The van der Waals surface area contributed by atoms with Crippen LogP contribution in [0.25, 0.3) is 0 Å². The Morgan fingerprint density at radius 3 is 2.61 bits per heavy atom. The summed E-state index contributed by atoms with van der Waals surface area (Å²) in [6.45, 7) is 0. The van der Waals surface area contributed by atoms with Gasteiger partial charge in [-0.05, 0) is 61.5 Å². The molecule has 2 N–H and O–H groups in total. The molecule has 0 bridgehead atoms. The standard InChI is InChI=1S/C14H19NO2S/c16-11-5-3-10(4-6-11)15-14(17)13-12(7-8-18-13)9-1-2-9/h7-11,16H,1-6H2,(H,15,17). The summed E-state index contributed by atoms with van der Waals surface area (Å²) in [7, 11) is 0. The number of thiophene rings is 1. The van der Waals surface area contributed by atoms with E-state index in [0.29, 0.717) is 5.92 Å². The van der Waals surface area contributed by atoms with Gasteiger partial charge in [0.1, 0.15) is 0 Å². The third-order valence-electron chi connectivity index (χ3n) is 3.95. The van der Waals surface area contributed by atoms with Crippen LogP contribution in [-0.2, 0) is 0 Å². The number of amides is 1. The number of hydrogen-bond acceptors (Lipinski definition) is 3. The second kappa shape index (κ2) is 5.02. The Morgan fingerprint density at radius 2 is 1.94 bits per heavy atom. The molecule has 0 radical (unpaired) electrons. The average molecular weight is 265 g/mol. The molecule has 0 unspecified atom stereocenters. The zero-order valence-corrected chi connectivity index (χ0v) is 11.2. The van der Waals surface area contributed by atoms with Gasteiger partial charge in [0.15, 0.2) is 0 Å². The van der Waals surface area contributed by atoms with Crippen LogP contribution in [0.5, 0.6) is 0 Å². The Balaban J connectivity index is 1.62. The van der Waals surface area contributed by atoms with Gasteiger partial charge in [0, 0.05) is 6.04 Å². The van der Waals surface area contributed by atoms with Gasteiger partial charge in [0.2, 0.25) is 0 Å². The molecule has 4 heteroatoms. The maximum absolute atomic E-state index is 12.2. The van der Waals surface area contributed by atoms with Gasteiger partial charge >= 0.3 is 0 Å². The van der Waals surface area contributed by atoms with Crippen LogP contribution in [-0.4, -0.2) is 23.2 Å². The first-order valence-electron chi connectivity index (χ1n) is 6.80. The van der Waals surface area contributed by atoms with Gasteiger partial charge in [-0.25, -0.2) is 0 Å². The summed E-state index contributed by atoms with van der Waals surface area (Å²) in [4.78, 5) is 13.2. The fraction of sp³-hybridized carbons (Fsp3) is 0.643. The van der Waals surface area contributed by atoms with Crippen molar-refractivity contribution in [2.24, 2.45) is 0 Å². The smallest absolute Gasteiger partial charge is 0.261 e. The molecule has 18 heavy (non-hydrogen) atoms. The largest absolute Gasteiger partial charge is 0.393 e. The zero-order chi connectivity index (χ0) is 12.5. The minimum atomic E-state index is -0.165. The lowest BCUT2D eigenvalue weighted by molar-refractivity contribution is 0.0870. The van der Waals surface area contributed by atoms with Crippen LogP contribution >= 0.6 is 11.3 Å².